The molecule has 0 aliphatic carbocycles. The third-order valence-corrected chi connectivity index (χ3v) is 2.73. The molecule has 0 bridgehead atoms. The number of aryl methyl sites for hydroxylation is 1. The zero-order chi connectivity index (χ0) is 13.2. The average molecular weight is 251 g/mol. The second kappa shape index (κ2) is 8.81. The van der Waals surface area contributed by atoms with E-state index in [-0.39, 0.29) is 0 Å². The molecule has 1 aromatic rings. The average Bonchev–Trinajstić information content (AvgIpc) is 2.39. The Labute approximate surface area is 110 Å². The molecular weight excluding hydrogens is 226 g/mol. The minimum Gasteiger partial charge on any atom is -0.490 e. The van der Waals surface area contributed by atoms with Crippen LogP contribution in [0.5, 0.6) is 11.5 Å². The number of rotatable bonds is 9. The van der Waals surface area contributed by atoms with E-state index in [1.54, 1.807) is 0 Å². The van der Waals surface area contributed by atoms with Crippen molar-refractivity contribution in [2.24, 2.45) is 5.73 Å². The van der Waals surface area contributed by atoms with Crippen molar-refractivity contribution in [2.45, 2.75) is 39.5 Å². The molecule has 0 unspecified atom stereocenters. The van der Waals surface area contributed by atoms with E-state index in [2.05, 4.69) is 19.1 Å². The molecule has 102 valence electrons. The Bertz CT molecular complexity index is 339. The first kappa shape index (κ1) is 14.8. The molecule has 0 radical (unpaired) electrons. The molecule has 0 spiro atoms. The second-order valence-electron chi connectivity index (χ2n) is 4.31. The molecule has 0 atom stereocenters. The first-order valence-corrected chi connectivity index (χ1v) is 6.90. The van der Waals surface area contributed by atoms with Gasteiger partial charge in [0.25, 0.3) is 0 Å². The summed E-state index contributed by atoms with van der Waals surface area (Å²) >= 11 is 0. The highest BCUT2D eigenvalue weighted by atomic mass is 16.5. The lowest BCUT2D eigenvalue weighted by Gasteiger charge is -2.13. The summed E-state index contributed by atoms with van der Waals surface area (Å²) < 4.78 is 11.4. The number of unbranched alkanes of at least 4 members (excludes halogenated alkanes) is 1. The zero-order valence-corrected chi connectivity index (χ0v) is 11.6. The first-order chi connectivity index (χ1) is 8.81. The quantitative estimate of drug-likeness (QED) is 0.686. The van der Waals surface area contributed by atoms with E-state index in [1.165, 1.54) is 5.56 Å². The molecule has 0 fully saturated rings. The second-order valence-corrected chi connectivity index (χ2v) is 4.31. The maximum atomic E-state index is 5.74. The van der Waals surface area contributed by atoms with Gasteiger partial charge in [0.15, 0.2) is 11.5 Å². The van der Waals surface area contributed by atoms with E-state index in [4.69, 9.17) is 15.2 Å². The van der Waals surface area contributed by atoms with Gasteiger partial charge in [0.05, 0.1) is 13.2 Å². The van der Waals surface area contributed by atoms with Crippen molar-refractivity contribution >= 4 is 0 Å². The highest BCUT2D eigenvalue weighted by Crippen LogP contribution is 2.29. The minimum atomic E-state index is 0.657. The Morgan fingerprint density at radius 2 is 1.89 bits per heavy atom. The van der Waals surface area contributed by atoms with Crippen LogP contribution in [0, 0.1) is 0 Å². The zero-order valence-electron chi connectivity index (χ0n) is 11.6. The van der Waals surface area contributed by atoms with E-state index >= 15 is 0 Å². The van der Waals surface area contributed by atoms with Gasteiger partial charge in [-0.25, -0.2) is 0 Å². The van der Waals surface area contributed by atoms with E-state index < -0.39 is 0 Å². The Hall–Kier alpha value is -1.22. The number of nitrogens with two attached hydrogens (primary N) is 1. The lowest BCUT2D eigenvalue weighted by molar-refractivity contribution is 0.272. The van der Waals surface area contributed by atoms with Crippen molar-refractivity contribution in [3.05, 3.63) is 23.8 Å². The fraction of sp³-hybridized carbons (Fsp3) is 0.600. The molecule has 0 saturated carbocycles. The van der Waals surface area contributed by atoms with Gasteiger partial charge in [-0.15, -0.1) is 0 Å². The lowest BCUT2D eigenvalue weighted by Crippen LogP contribution is -2.03. The summed E-state index contributed by atoms with van der Waals surface area (Å²) in [6, 6.07) is 6.17. The lowest BCUT2D eigenvalue weighted by atomic mass is 10.1. The highest BCUT2D eigenvalue weighted by molar-refractivity contribution is 5.43. The molecule has 0 aromatic heterocycles. The van der Waals surface area contributed by atoms with Crippen molar-refractivity contribution in [1.82, 2.24) is 0 Å². The van der Waals surface area contributed by atoms with Crippen LogP contribution >= 0.6 is 0 Å². The molecular formula is C15H25NO2. The fourth-order valence-electron chi connectivity index (χ4n) is 1.73. The number of benzene rings is 1. The third-order valence-electron chi connectivity index (χ3n) is 2.73. The molecule has 1 rings (SSSR count). The van der Waals surface area contributed by atoms with E-state index in [9.17, 15) is 0 Å². The van der Waals surface area contributed by atoms with E-state index in [0.29, 0.717) is 6.61 Å². The summed E-state index contributed by atoms with van der Waals surface area (Å²) in [6.07, 6.45) is 4.20. The van der Waals surface area contributed by atoms with Crippen LogP contribution in [0.4, 0.5) is 0 Å². The van der Waals surface area contributed by atoms with Gasteiger partial charge in [0.2, 0.25) is 0 Å². The fourth-order valence-corrected chi connectivity index (χ4v) is 1.73. The Kier molecular flexibility index (Phi) is 7.26. The van der Waals surface area contributed by atoms with E-state index in [0.717, 1.165) is 50.3 Å². The van der Waals surface area contributed by atoms with Crippen molar-refractivity contribution < 1.29 is 9.47 Å². The standard InChI is InChI=1S/C15H25NO2/c1-3-5-11-18-14-9-8-13(7-6-10-16)12-15(14)17-4-2/h8-9,12H,3-7,10-11,16H2,1-2H3. The van der Waals surface area contributed by atoms with Crippen LogP contribution < -0.4 is 15.2 Å². The smallest absolute Gasteiger partial charge is 0.161 e. The normalized spacial score (nSPS) is 10.4. The van der Waals surface area contributed by atoms with Crippen molar-refractivity contribution in [1.29, 1.82) is 0 Å². The Morgan fingerprint density at radius 3 is 2.56 bits per heavy atom. The summed E-state index contributed by atoms with van der Waals surface area (Å²) in [7, 11) is 0. The maximum Gasteiger partial charge on any atom is 0.161 e. The largest absolute Gasteiger partial charge is 0.490 e. The van der Waals surface area contributed by atoms with E-state index in [1.807, 2.05) is 13.0 Å². The van der Waals surface area contributed by atoms with Crippen molar-refractivity contribution in [3.63, 3.8) is 0 Å². The molecule has 1 aromatic carbocycles. The number of hydrogen-bond donors (Lipinski definition) is 1. The van der Waals surface area contributed by atoms with Gasteiger partial charge in [-0.2, -0.15) is 0 Å². The van der Waals surface area contributed by atoms with Crippen LogP contribution in [0.2, 0.25) is 0 Å². The molecule has 3 nitrogen and oxygen atoms in total. The first-order valence-electron chi connectivity index (χ1n) is 6.90. The van der Waals surface area contributed by atoms with Crippen molar-refractivity contribution in [2.75, 3.05) is 19.8 Å². The third kappa shape index (κ3) is 4.96. The van der Waals surface area contributed by atoms with Gasteiger partial charge < -0.3 is 15.2 Å². The van der Waals surface area contributed by atoms with Gasteiger partial charge in [0, 0.05) is 0 Å². The summed E-state index contributed by atoms with van der Waals surface area (Å²) in [6.45, 7) is 6.27. The number of ether oxygens (including phenoxy) is 2. The molecule has 0 amide bonds. The predicted octanol–water partition coefficient (Wildman–Crippen LogP) is 3.16. The summed E-state index contributed by atoms with van der Waals surface area (Å²) in [5.74, 6) is 1.70. The molecule has 18 heavy (non-hydrogen) atoms. The van der Waals surface area contributed by atoms with Crippen LogP contribution in [0.3, 0.4) is 0 Å². The van der Waals surface area contributed by atoms with Gasteiger partial charge in [-0.3, -0.25) is 0 Å². The van der Waals surface area contributed by atoms with Crippen LogP contribution in [0.1, 0.15) is 38.7 Å². The molecule has 3 heteroatoms. The van der Waals surface area contributed by atoms with Crippen LogP contribution in [-0.2, 0) is 6.42 Å². The van der Waals surface area contributed by atoms with Crippen LogP contribution in [0.25, 0.3) is 0 Å². The van der Waals surface area contributed by atoms with Crippen LogP contribution in [-0.4, -0.2) is 19.8 Å². The van der Waals surface area contributed by atoms with Gasteiger partial charge in [-0.1, -0.05) is 19.4 Å². The molecule has 0 heterocycles. The number of hydrogen-bond acceptors (Lipinski definition) is 3. The molecule has 2 N–H and O–H groups in total. The minimum absolute atomic E-state index is 0.657. The highest BCUT2D eigenvalue weighted by Gasteiger charge is 2.06. The summed E-state index contributed by atoms with van der Waals surface area (Å²) in [5, 5.41) is 0. The topological polar surface area (TPSA) is 44.5 Å². The van der Waals surface area contributed by atoms with Gasteiger partial charge in [-0.05, 0) is 50.4 Å². The molecule has 0 saturated heterocycles. The van der Waals surface area contributed by atoms with Crippen molar-refractivity contribution in [3.8, 4) is 11.5 Å². The maximum absolute atomic E-state index is 5.74. The molecule has 0 aliphatic rings. The summed E-state index contributed by atoms with van der Waals surface area (Å²) in [4.78, 5) is 0. The van der Waals surface area contributed by atoms with Crippen LogP contribution in [0.15, 0.2) is 18.2 Å². The van der Waals surface area contributed by atoms with Gasteiger partial charge >= 0.3 is 0 Å². The SMILES string of the molecule is CCCCOc1ccc(CCCN)cc1OCC. The predicted molar refractivity (Wildman–Crippen MR) is 75.4 cm³/mol. The Balaban J connectivity index is 2.69. The monoisotopic (exact) mass is 251 g/mol. The van der Waals surface area contributed by atoms with Gasteiger partial charge in [0.1, 0.15) is 0 Å². The summed E-state index contributed by atoms with van der Waals surface area (Å²) in [5.41, 5.74) is 6.78. The molecule has 0 aliphatic heterocycles. The Morgan fingerprint density at radius 1 is 1.06 bits per heavy atom.